The van der Waals surface area contributed by atoms with Gasteiger partial charge in [-0.25, -0.2) is 9.18 Å². The number of ether oxygens (including phenoxy) is 1. The highest BCUT2D eigenvalue weighted by atomic mass is 19.1. The molecule has 0 spiro atoms. The molecule has 0 aliphatic carbocycles. The van der Waals surface area contributed by atoms with Gasteiger partial charge in [0.25, 0.3) is 0 Å². The first-order valence-electron chi connectivity index (χ1n) is 6.04. The Balaban J connectivity index is 2.28. The van der Waals surface area contributed by atoms with Crippen molar-refractivity contribution >= 4 is 11.7 Å². The minimum Gasteiger partial charge on any atom is -0.478 e. The van der Waals surface area contributed by atoms with Gasteiger partial charge in [0, 0.05) is 24.4 Å². The van der Waals surface area contributed by atoms with E-state index in [1.807, 2.05) is 6.92 Å². The Morgan fingerprint density at radius 3 is 2.95 bits per heavy atom. The van der Waals surface area contributed by atoms with Crippen LogP contribution in [0.4, 0.5) is 10.1 Å². The number of carboxylic acid groups (broad SMARTS) is 1. The lowest BCUT2D eigenvalue weighted by Crippen LogP contribution is -2.04. The molecule has 0 atom stereocenters. The van der Waals surface area contributed by atoms with E-state index in [-0.39, 0.29) is 17.0 Å². The van der Waals surface area contributed by atoms with Gasteiger partial charge in [-0.3, -0.25) is 4.68 Å². The Hall–Kier alpha value is -2.57. The van der Waals surface area contributed by atoms with Crippen LogP contribution < -0.4 is 10.5 Å². The van der Waals surface area contributed by atoms with Crippen LogP contribution in [-0.4, -0.2) is 20.9 Å². The molecule has 1 aromatic carbocycles. The summed E-state index contributed by atoms with van der Waals surface area (Å²) in [5.74, 6) is -1.84. The zero-order chi connectivity index (χ0) is 14.7. The Labute approximate surface area is 114 Å². The van der Waals surface area contributed by atoms with Crippen molar-refractivity contribution in [2.24, 2.45) is 0 Å². The molecule has 0 fully saturated rings. The van der Waals surface area contributed by atoms with Gasteiger partial charge in [-0.15, -0.1) is 0 Å². The van der Waals surface area contributed by atoms with Crippen LogP contribution in [-0.2, 0) is 6.54 Å². The van der Waals surface area contributed by atoms with Crippen LogP contribution in [0.5, 0.6) is 11.5 Å². The number of halogens is 1. The molecule has 0 aliphatic heterocycles. The fourth-order valence-electron chi connectivity index (χ4n) is 1.71. The smallest absolute Gasteiger partial charge is 0.337 e. The lowest BCUT2D eigenvalue weighted by Gasteiger charge is -2.07. The summed E-state index contributed by atoms with van der Waals surface area (Å²) in [6.07, 6.45) is 3.95. The second kappa shape index (κ2) is 5.60. The number of aromatic nitrogens is 2. The predicted octanol–water partition coefficient (Wildman–Crippen LogP) is 2.50. The minimum atomic E-state index is -1.24. The molecule has 0 saturated heterocycles. The molecule has 0 unspecified atom stereocenters. The third kappa shape index (κ3) is 2.87. The van der Waals surface area contributed by atoms with Crippen LogP contribution in [0.15, 0.2) is 24.5 Å². The molecule has 2 rings (SSSR count). The average Bonchev–Trinajstić information content (AvgIpc) is 2.80. The largest absolute Gasteiger partial charge is 0.478 e. The SMILES string of the molecule is CCCn1cc(Oc2cc(C(=O)O)c(N)cc2F)cn1. The molecule has 0 amide bonds. The van der Waals surface area contributed by atoms with E-state index < -0.39 is 11.8 Å². The van der Waals surface area contributed by atoms with Gasteiger partial charge in [-0.2, -0.15) is 5.10 Å². The van der Waals surface area contributed by atoms with Gasteiger partial charge in [-0.1, -0.05) is 6.92 Å². The average molecular weight is 279 g/mol. The predicted molar refractivity (Wildman–Crippen MR) is 70.4 cm³/mol. The Bertz CT molecular complexity index is 640. The first-order chi connectivity index (χ1) is 9.51. The van der Waals surface area contributed by atoms with Crippen molar-refractivity contribution in [2.45, 2.75) is 19.9 Å². The summed E-state index contributed by atoms with van der Waals surface area (Å²) >= 11 is 0. The van der Waals surface area contributed by atoms with Crippen molar-refractivity contribution in [1.82, 2.24) is 9.78 Å². The number of nitrogens with two attached hydrogens (primary N) is 1. The molecule has 6 nitrogen and oxygen atoms in total. The van der Waals surface area contributed by atoms with Crippen LogP contribution in [0.25, 0.3) is 0 Å². The van der Waals surface area contributed by atoms with Crippen LogP contribution >= 0.6 is 0 Å². The lowest BCUT2D eigenvalue weighted by atomic mass is 10.1. The zero-order valence-electron chi connectivity index (χ0n) is 10.8. The number of aryl methyl sites for hydroxylation is 1. The van der Waals surface area contributed by atoms with E-state index in [1.165, 1.54) is 6.20 Å². The van der Waals surface area contributed by atoms with Gasteiger partial charge in [-0.05, 0) is 6.42 Å². The van der Waals surface area contributed by atoms with Crippen molar-refractivity contribution < 1.29 is 19.0 Å². The van der Waals surface area contributed by atoms with Crippen LogP contribution in [0.1, 0.15) is 23.7 Å². The molecule has 0 saturated carbocycles. The number of carboxylic acids is 1. The monoisotopic (exact) mass is 279 g/mol. The van der Waals surface area contributed by atoms with Gasteiger partial charge < -0.3 is 15.6 Å². The summed E-state index contributed by atoms with van der Waals surface area (Å²) in [4.78, 5) is 11.0. The standard InChI is InChI=1S/C13H14FN3O3/c1-2-3-17-7-8(6-16-17)20-12-4-9(13(18)19)11(15)5-10(12)14/h4-7H,2-3,15H2,1H3,(H,18,19). The molecule has 7 heteroatoms. The van der Waals surface area contributed by atoms with Crippen molar-refractivity contribution in [3.8, 4) is 11.5 Å². The van der Waals surface area contributed by atoms with Crippen molar-refractivity contribution in [2.75, 3.05) is 5.73 Å². The number of nitrogen functional groups attached to an aromatic ring is 1. The maximum Gasteiger partial charge on any atom is 0.337 e. The maximum atomic E-state index is 13.7. The molecule has 0 aliphatic rings. The molecule has 106 valence electrons. The summed E-state index contributed by atoms with van der Waals surface area (Å²) in [5.41, 5.74) is 5.08. The highest BCUT2D eigenvalue weighted by Gasteiger charge is 2.15. The topological polar surface area (TPSA) is 90.4 Å². The first-order valence-corrected chi connectivity index (χ1v) is 6.04. The van der Waals surface area contributed by atoms with Gasteiger partial charge in [0.1, 0.15) is 0 Å². The normalized spacial score (nSPS) is 10.5. The van der Waals surface area contributed by atoms with Crippen LogP contribution in [0.2, 0.25) is 0 Å². The van der Waals surface area contributed by atoms with E-state index >= 15 is 0 Å². The highest BCUT2D eigenvalue weighted by molar-refractivity contribution is 5.94. The molecule has 0 bridgehead atoms. The summed E-state index contributed by atoms with van der Waals surface area (Å²) in [6.45, 7) is 2.72. The molecule has 0 radical (unpaired) electrons. The Morgan fingerprint density at radius 1 is 1.55 bits per heavy atom. The minimum absolute atomic E-state index is 0.149. The maximum absolute atomic E-state index is 13.7. The molecular weight excluding hydrogens is 265 g/mol. The summed E-state index contributed by atoms with van der Waals surface area (Å²) in [5, 5.41) is 13.0. The number of nitrogens with zero attached hydrogens (tertiary/aromatic N) is 2. The van der Waals surface area contributed by atoms with Crippen molar-refractivity contribution in [3.05, 3.63) is 35.9 Å². The van der Waals surface area contributed by atoms with Crippen LogP contribution in [0, 0.1) is 5.82 Å². The molecule has 1 aromatic heterocycles. The summed E-state index contributed by atoms with van der Waals surface area (Å²) in [7, 11) is 0. The van der Waals surface area contributed by atoms with E-state index in [0.29, 0.717) is 12.3 Å². The number of benzene rings is 1. The lowest BCUT2D eigenvalue weighted by molar-refractivity contribution is 0.0697. The number of rotatable bonds is 5. The number of anilines is 1. The third-order valence-electron chi connectivity index (χ3n) is 2.62. The van der Waals surface area contributed by atoms with E-state index in [9.17, 15) is 9.18 Å². The number of carbonyl (C=O) groups is 1. The zero-order valence-corrected chi connectivity index (χ0v) is 10.8. The molecule has 2 aromatic rings. The van der Waals surface area contributed by atoms with Crippen molar-refractivity contribution in [1.29, 1.82) is 0 Å². The van der Waals surface area contributed by atoms with Crippen LogP contribution in [0.3, 0.4) is 0 Å². The number of hydrogen-bond acceptors (Lipinski definition) is 4. The van der Waals surface area contributed by atoms with E-state index in [0.717, 1.165) is 18.6 Å². The molecular formula is C13H14FN3O3. The summed E-state index contributed by atoms with van der Waals surface area (Å²) in [6, 6.07) is 1.99. The van der Waals surface area contributed by atoms with Gasteiger partial charge in [0.15, 0.2) is 17.3 Å². The Kier molecular flexibility index (Phi) is 3.88. The van der Waals surface area contributed by atoms with Gasteiger partial charge >= 0.3 is 5.97 Å². The number of aromatic carboxylic acids is 1. The Morgan fingerprint density at radius 2 is 2.30 bits per heavy atom. The fraction of sp³-hybridized carbons (Fsp3) is 0.231. The molecule has 20 heavy (non-hydrogen) atoms. The van der Waals surface area contributed by atoms with Gasteiger partial charge in [0.05, 0.1) is 18.0 Å². The fourth-order valence-corrected chi connectivity index (χ4v) is 1.71. The van der Waals surface area contributed by atoms with E-state index in [4.69, 9.17) is 15.6 Å². The highest BCUT2D eigenvalue weighted by Crippen LogP contribution is 2.28. The second-order valence-corrected chi connectivity index (χ2v) is 4.22. The van der Waals surface area contributed by atoms with E-state index in [1.54, 1.807) is 10.9 Å². The van der Waals surface area contributed by atoms with Crippen molar-refractivity contribution in [3.63, 3.8) is 0 Å². The number of hydrogen-bond donors (Lipinski definition) is 2. The van der Waals surface area contributed by atoms with E-state index in [2.05, 4.69) is 5.10 Å². The quantitative estimate of drug-likeness (QED) is 0.821. The third-order valence-corrected chi connectivity index (χ3v) is 2.62. The molecule has 3 N–H and O–H groups in total. The molecule has 1 heterocycles. The first kappa shape index (κ1) is 13.9. The second-order valence-electron chi connectivity index (χ2n) is 4.22. The summed E-state index contributed by atoms with van der Waals surface area (Å²) < 4.78 is 20.7. The van der Waals surface area contributed by atoms with Gasteiger partial charge in [0.2, 0.25) is 0 Å².